The molecule has 1 aliphatic rings. The number of imidazole rings is 1. The van der Waals surface area contributed by atoms with Crippen LogP contribution < -0.4 is 5.69 Å². The van der Waals surface area contributed by atoms with E-state index in [1.54, 1.807) is 0 Å². The van der Waals surface area contributed by atoms with Crippen molar-refractivity contribution in [3.8, 4) is 22.5 Å². The van der Waals surface area contributed by atoms with Gasteiger partial charge in [-0.15, -0.1) is 5.10 Å². The van der Waals surface area contributed by atoms with Crippen LogP contribution in [-0.4, -0.2) is 34.7 Å². The highest BCUT2D eigenvalue weighted by atomic mass is 16.1. The summed E-state index contributed by atoms with van der Waals surface area (Å²) in [6, 6.07) is 12.5. The van der Waals surface area contributed by atoms with Crippen molar-refractivity contribution in [2.24, 2.45) is 5.92 Å². The van der Waals surface area contributed by atoms with Gasteiger partial charge in [-0.2, -0.15) is 0 Å². The molecule has 0 radical (unpaired) electrons. The molecule has 37 heavy (non-hydrogen) atoms. The summed E-state index contributed by atoms with van der Waals surface area (Å²) in [7, 11) is 0. The van der Waals surface area contributed by atoms with Crippen molar-refractivity contribution >= 4 is 0 Å². The Morgan fingerprint density at radius 2 is 1.86 bits per heavy atom. The molecule has 5 rings (SSSR count). The van der Waals surface area contributed by atoms with Crippen molar-refractivity contribution < 1.29 is 0 Å². The predicted octanol–water partition coefficient (Wildman–Crippen LogP) is 5.81. The fourth-order valence-corrected chi connectivity index (χ4v) is 5.81. The van der Waals surface area contributed by atoms with E-state index in [9.17, 15) is 4.79 Å². The van der Waals surface area contributed by atoms with Gasteiger partial charge < -0.3 is 0 Å². The molecule has 8 heteroatoms. The first-order chi connectivity index (χ1) is 18.2. The highest BCUT2D eigenvalue weighted by Crippen LogP contribution is 2.36. The summed E-state index contributed by atoms with van der Waals surface area (Å²) in [5, 5.41) is 14.2. The normalized spacial score (nSPS) is 17.8. The van der Waals surface area contributed by atoms with Crippen LogP contribution in [0.5, 0.6) is 0 Å². The summed E-state index contributed by atoms with van der Waals surface area (Å²) in [4.78, 5) is 18.5. The molecule has 3 heterocycles. The van der Waals surface area contributed by atoms with Crippen molar-refractivity contribution in [1.29, 1.82) is 0 Å². The Hall–Kier alpha value is -3.55. The van der Waals surface area contributed by atoms with E-state index in [2.05, 4.69) is 68.4 Å². The molecular formula is C29H37N7O. The van der Waals surface area contributed by atoms with Gasteiger partial charge in [0, 0.05) is 29.7 Å². The van der Waals surface area contributed by atoms with Crippen LogP contribution in [0.3, 0.4) is 0 Å². The first kappa shape index (κ1) is 25.1. The average Bonchev–Trinajstić information content (AvgIpc) is 3.58. The number of benzene rings is 1. The van der Waals surface area contributed by atoms with Gasteiger partial charge in [0.25, 0.3) is 0 Å². The topological polar surface area (TPSA) is 94.3 Å². The second-order valence-corrected chi connectivity index (χ2v) is 10.3. The van der Waals surface area contributed by atoms with Crippen molar-refractivity contribution in [1.82, 2.24) is 34.7 Å². The molecule has 1 saturated carbocycles. The van der Waals surface area contributed by atoms with E-state index in [1.165, 1.54) is 32.1 Å². The van der Waals surface area contributed by atoms with Gasteiger partial charge in [-0.25, -0.2) is 9.89 Å². The van der Waals surface area contributed by atoms with Gasteiger partial charge in [0.2, 0.25) is 0 Å². The van der Waals surface area contributed by atoms with Crippen LogP contribution in [0, 0.1) is 5.92 Å². The third-order valence-corrected chi connectivity index (χ3v) is 7.71. The molecule has 0 saturated heterocycles. The molecule has 0 spiro atoms. The molecule has 1 fully saturated rings. The van der Waals surface area contributed by atoms with E-state index < -0.39 is 0 Å². The maximum Gasteiger partial charge on any atom is 0.328 e. The number of pyridine rings is 1. The van der Waals surface area contributed by atoms with Gasteiger partial charge in [-0.1, -0.05) is 57.7 Å². The third kappa shape index (κ3) is 5.58. The maximum absolute atomic E-state index is 13.8. The van der Waals surface area contributed by atoms with Crippen LogP contribution in [-0.2, 0) is 13.0 Å². The van der Waals surface area contributed by atoms with Crippen LogP contribution in [0.15, 0.2) is 53.6 Å². The Labute approximate surface area is 218 Å². The number of rotatable bonds is 10. The standard InChI is InChI=1S/C29H37N7O/c1-3-5-13-26-20-36(27-14-7-6-10-21(27)9-4-2)29(37)35(26)19-25-18-23(15-16-30-25)22-11-8-12-24(17-22)28-31-33-34-32-28/h8,11-12,15-18,20-21,27H,3-7,9-10,13-14,19H2,1-2H3,(H,31,32,33,34). The number of hydrogen-bond acceptors (Lipinski definition) is 5. The van der Waals surface area contributed by atoms with Gasteiger partial charge in [-0.05, 0) is 77.8 Å². The summed E-state index contributed by atoms with van der Waals surface area (Å²) < 4.78 is 4.04. The second-order valence-electron chi connectivity index (χ2n) is 10.3. The number of nitrogens with zero attached hydrogens (tertiary/aromatic N) is 6. The van der Waals surface area contributed by atoms with E-state index in [1.807, 2.05) is 29.0 Å². The van der Waals surface area contributed by atoms with Crippen LogP contribution in [0.25, 0.3) is 22.5 Å². The number of hydrogen-bond donors (Lipinski definition) is 1. The summed E-state index contributed by atoms with van der Waals surface area (Å²) in [5.41, 5.74) is 5.15. The largest absolute Gasteiger partial charge is 0.328 e. The molecule has 0 amide bonds. The van der Waals surface area contributed by atoms with Crippen molar-refractivity contribution in [2.75, 3.05) is 0 Å². The van der Waals surface area contributed by atoms with Gasteiger partial charge in [0.05, 0.1) is 12.2 Å². The molecule has 1 aliphatic carbocycles. The molecule has 8 nitrogen and oxygen atoms in total. The highest BCUT2D eigenvalue weighted by Gasteiger charge is 2.28. The maximum atomic E-state index is 13.8. The third-order valence-electron chi connectivity index (χ3n) is 7.71. The van der Waals surface area contributed by atoms with E-state index >= 15 is 0 Å². The van der Waals surface area contributed by atoms with Crippen LogP contribution in [0.4, 0.5) is 0 Å². The lowest BCUT2D eigenvalue weighted by Gasteiger charge is -2.31. The Morgan fingerprint density at radius 3 is 2.68 bits per heavy atom. The molecule has 1 aromatic carbocycles. The van der Waals surface area contributed by atoms with Gasteiger partial charge in [-0.3, -0.25) is 14.1 Å². The molecule has 0 aliphatic heterocycles. The Bertz CT molecular complexity index is 1350. The van der Waals surface area contributed by atoms with E-state index in [-0.39, 0.29) is 5.69 Å². The zero-order valence-corrected chi connectivity index (χ0v) is 21.9. The lowest BCUT2D eigenvalue weighted by atomic mass is 9.81. The second kappa shape index (κ2) is 11.7. The fraction of sp³-hybridized carbons (Fsp3) is 0.483. The number of aromatic nitrogens is 7. The fourth-order valence-electron chi connectivity index (χ4n) is 5.81. The number of H-pyrrole nitrogens is 1. The Morgan fingerprint density at radius 1 is 1.03 bits per heavy atom. The van der Waals surface area contributed by atoms with Crippen molar-refractivity contribution in [2.45, 2.75) is 84.2 Å². The summed E-state index contributed by atoms with van der Waals surface area (Å²) in [6.45, 7) is 4.94. The molecule has 194 valence electrons. The van der Waals surface area contributed by atoms with Crippen molar-refractivity contribution in [3.05, 3.63) is 70.7 Å². The quantitative estimate of drug-likeness (QED) is 0.297. The molecule has 0 bridgehead atoms. The summed E-state index contributed by atoms with van der Waals surface area (Å²) in [5.74, 6) is 1.23. The monoisotopic (exact) mass is 499 g/mol. The van der Waals surface area contributed by atoms with Crippen LogP contribution in [0.1, 0.15) is 82.6 Å². The van der Waals surface area contributed by atoms with Gasteiger partial charge in [0.15, 0.2) is 5.82 Å². The van der Waals surface area contributed by atoms with Crippen LogP contribution in [0.2, 0.25) is 0 Å². The minimum Gasteiger partial charge on any atom is -0.296 e. The first-order valence-corrected chi connectivity index (χ1v) is 13.8. The lowest BCUT2D eigenvalue weighted by molar-refractivity contribution is 0.220. The Kier molecular flexibility index (Phi) is 7.92. The van der Waals surface area contributed by atoms with Crippen molar-refractivity contribution in [3.63, 3.8) is 0 Å². The van der Waals surface area contributed by atoms with E-state index in [0.29, 0.717) is 24.3 Å². The number of aromatic amines is 1. The lowest BCUT2D eigenvalue weighted by Crippen LogP contribution is -2.33. The number of nitrogens with one attached hydrogen (secondary N) is 1. The molecule has 4 aromatic rings. The predicted molar refractivity (Wildman–Crippen MR) is 145 cm³/mol. The Balaban J connectivity index is 1.46. The minimum atomic E-state index is 0.117. The smallest absolute Gasteiger partial charge is 0.296 e. The SMILES string of the molecule is CCCCc1cn(C2CCCCC2CCC)c(=O)n1Cc1cc(-c2cccc(-c3nnn[nH]3)c2)ccn1. The number of tetrazole rings is 1. The minimum absolute atomic E-state index is 0.117. The average molecular weight is 500 g/mol. The highest BCUT2D eigenvalue weighted by molar-refractivity contribution is 5.70. The first-order valence-electron chi connectivity index (χ1n) is 13.8. The molecule has 3 aromatic heterocycles. The molecule has 1 N–H and O–H groups in total. The van der Waals surface area contributed by atoms with Gasteiger partial charge >= 0.3 is 5.69 Å². The number of unbranched alkanes of at least 4 members (excludes halogenated alkanes) is 1. The zero-order chi connectivity index (χ0) is 25.6. The molecule has 2 atom stereocenters. The van der Waals surface area contributed by atoms with Gasteiger partial charge in [0.1, 0.15) is 0 Å². The molecule has 2 unspecified atom stereocenters. The summed E-state index contributed by atoms with van der Waals surface area (Å²) in [6.07, 6.45) is 14.3. The van der Waals surface area contributed by atoms with E-state index in [4.69, 9.17) is 0 Å². The number of aryl methyl sites for hydroxylation is 1. The van der Waals surface area contributed by atoms with Crippen LogP contribution >= 0.6 is 0 Å². The van der Waals surface area contributed by atoms with E-state index in [0.717, 1.165) is 53.8 Å². The molecular weight excluding hydrogens is 462 g/mol. The zero-order valence-electron chi connectivity index (χ0n) is 21.9. The summed E-state index contributed by atoms with van der Waals surface area (Å²) >= 11 is 0.